The lowest BCUT2D eigenvalue weighted by atomic mass is 10.2. The fourth-order valence-electron chi connectivity index (χ4n) is 2.00. The van der Waals surface area contributed by atoms with Crippen molar-refractivity contribution < 1.29 is 14.6 Å². The maximum absolute atomic E-state index is 10.1. The van der Waals surface area contributed by atoms with E-state index in [1.165, 1.54) is 5.56 Å². The zero-order valence-corrected chi connectivity index (χ0v) is 12.0. The second-order valence-corrected chi connectivity index (χ2v) is 5.70. The Morgan fingerprint density at radius 1 is 1.50 bits per heavy atom. The number of ether oxygens (including phenoxy) is 2. The molecule has 0 unspecified atom stereocenters. The summed E-state index contributed by atoms with van der Waals surface area (Å²) in [4.78, 5) is 2.68. The third-order valence-electron chi connectivity index (χ3n) is 3.18. The molecule has 20 heavy (non-hydrogen) atoms. The molecular formula is C13H17N3O3S. The van der Waals surface area contributed by atoms with Gasteiger partial charge in [0.05, 0.1) is 37.7 Å². The number of azide groups is 1. The summed E-state index contributed by atoms with van der Waals surface area (Å²) in [6.07, 6.45) is -0.983. The summed E-state index contributed by atoms with van der Waals surface area (Å²) in [5.41, 5.74) is 9.45. The van der Waals surface area contributed by atoms with Gasteiger partial charge in [-0.15, -0.1) is 11.8 Å². The van der Waals surface area contributed by atoms with Crippen LogP contribution in [-0.2, 0) is 10.5 Å². The summed E-state index contributed by atoms with van der Waals surface area (Å²) in [7, 11) is 1.64. The quantitative estimate of drug-likeness (QED) is 0.496. The first-order chi connectivity index (χ1) is 9.74. The van der Waals surface area contributed by atoms with Gasteiger partial charge in [-0.05, 0) is 23.2 Å². The molecule has 3 atom stereocenters. The highest BCUT2D eigenvalue weighted by atomic mass is 32.2. The average molecular weight is 295 g/mol. The van der Waals surface area contributed by atoms with Crippen LogP contribution < -0.4 is 4.74 Å². The summed E-state index contributed by atoms with van der Waals surface area (Å²) in [5, 5.41) is 13.5. The largest absolute Gasteiger partial charge is 0.497 e. The molecule has 1 heterocycles. The predicted molar refractivity (Wildman–Crippen MR) is 77.8 cm³/mol. The Morgan fingerprint density at radius 3 is 2.90 bits per heavy atom. The number of hydrogen-bond acceptors (Lipinski definition) is 5. The molecule has 7 heteroatoms. The van der Waals surface area contributed by atoms with Crippen molar-refractivity contribution in [2.45, 2.75) is 23.2 Å². The Bertz CT molecular complexity index is 476. The van der Waals surface area contributed by atoms with Gasteiger partial charge in [0.15, 0.2) is 0 Å². The molecule has 0 amide bonds. The monoisotopic (exact) mass is 295 g/mol. The highest BCUT2D eigenvalue weighted by Gasteiger charge is 2.35. The maximum Gasteiger partial charge on any atom is 0.118 e. The van der Waals surface area contributed by atoms with Crippen LogP contribution >= 0.6 is 11.8 Å². The second-order valence-electron chi connectivity index (χ2n) is 4.47. The summed E-state index contributed by atoms with van der Waals surface area (Å²) in [6, 6.07) is 7.85. The van der Waals surface area contributed by atoms with Crippen molar-refractivity contribution >= 4 is 11.8 Å². The molecule has 1 fully saturated rings. The summed E-state index contributed by atoms with van der Waals surface area (Å²) in [6.45, 7) is 0.658. The van der Waals surface area contributed by atoms with Gasteiger partial charge in [0, 0.05) is 10.7 Å². The Hall–Kier alpha value is -1.40. The van der Waals surface area contributed by atoms with Crippen LogP contribution in [-0.4, -0.2) is 42.8 Å². The van der Waals surface area contributed by atoms with Gasteiger partial charge in [-0.2, -0.15) is 0 Å². The van der Waals surface area contributed by atoms with E-state index in [9.17, 15) is 5.11 Å². The standard InChI is InChI=1S/C13H17N3O3S/c1-18-10-4-2-9(3-5-10)8-20-12-7-19-11(13(12)17)6-15-16-14/h2-5,11-13,17H,6-8H2,1H3/t11-,12-,13-/m0/s1. The molecule has 1 aromatic carbocycles. The number of nitrogens with zero attached hydrogens (tertiary/aromatic N) is 3. The molecule has 0 aliphatic carbocycles. The molecule has 1 aromatic rings. The molecule has 0 bridgehead atoms. The number of methoxy groups -OCH3 is 1. The molecule has 1 saturated heterocycles. The summed E-state index contributed by atoms with van der Waals surface area (Å²) >= 11 is 1.65. The third kappa shape index (κ3) is 3.80. The molecular weight excluding hydrogens is 278 g/mol. The fourth-order valence-corrected chi connectivity index (χ4v) is 3.15. The van der Waals surface area contributed by atoms with Gasteiger partial charge >= 0.3 is 0 Å². The van der Waals surface area contributed by atoms with Crippen LogP contribution in [0.25, 0.3) is 10.4 Å². The van der Waals surface area contributed by atoms with E-state index >= 15 is 0 Å². The molecule has 1 aliphatic heterocycles. The van der Waals surface area contributed by atoms with E-state index < -0.39 is 6.10 Å². The highest BCUT2D eigenvalue weighted by molar-refractivity contribution is 7.99. The van der Waals surface area contributed by atoms with Crippen LogP contribution in [0.1, 0.15) is 5.56 Å². The van der Waals surface area contributed by atoms with Crippen molar-refractivity contribution in [3.05, 3.63) is 40.3 Å². The lowest BCUT2D eigenvalue weighted by molar-refractivity contribution is 0.0491. The van der Waals surface area contributed by atoms with Crippen molar-refractivity contribution in [3.8, 4) is 5.75 Å². The number of thioether (sulfide) groups is 1. The first kappa shape index (κ1) is 15.0. The van der Waals surface area contributed by atoms with Crippen molar-refractivity contribution in [1.29, 1.82) is 0 Å². The fraction of sp³-hybridized carbons (Fsp3) is 0.538. The van der Waals surface area contributed by atoms with E-state index in [4.69, 9.17) is 15.0 Å². The molecule has 1 aliphatic rings. The van der Waals surface area contributed by atoms with Crippen molar-refractivity contribution in [1.82, 2.24) is 0 Å². The Morgan fingerprint density at radius 2 is 2.25 bits per heavy atom. The highest BCUT2D eigenvalue weighted by Crippen LogP contribution is 2.29. The third-order valence-corrected chi connectivity index (χ3v) is 4.53. The minimum absolute atomic E-state index is 0.0102. The maximum atomic E-state index is 10.1. The second kappa shape index (κ2) is 7.40. The number of aliphatic hydroxyl groups is 1. The molecule has 0 radical (unpaired) electrons. The Labute approximate surface area is 121 Å². The Balaban J connectivity index is 1.83. The van der Waals surface area contributed by atoms with Crippen molar-refractivity contribution in [2.75, 3.05) is 20.3 Å². The van der Waals surface area contributed by atoms with Crippen LogP contribution in [0, 0.1) is 0 Å². The van der Waals surface area contributed by atoms with E-state index in [0.717, 1.165) is 11.5 Å². The molecule has 1 N–H and O–H groups in total. The lowest BCUT2D eigenvalue weighted by Crippen LogP contribution is -2.30. The van der Waals surface area contributed by atoms with Crippen molar-refractivity contribution in [2.24, 2.45) is 5.11 Å². The normalized spacial score (nSPS) is 25.2. The SMILES string of the molecule is COc1ccc(CS[C@H]2CO[C@@H](CN=[N+]=[N-])[C@@H]2O)cc1. The number of aliphatic hydroxyl groups excluding tert-OH is 1. The minimum atomic E-state index is -0.594. The van der Waals surface area contributed by atoms with E-state index in [1.54, 1.807) is 18.9 Å². The number of rotatable bonds is 6. The molecule has 2 rings (SSSR count). The van der Waals surface area contributed by atoms with Gasteiger partial charge < -0.3 is 14.6 Å². The number of hydrogen-bond donors (Lipinski definition) is 1. The van der Waals surface area contributed by atoms with E-state index in [0.29, 0.717) is 6.61 Å². The molecule has 0 saturated carbocycles. The molecule has 0 aromatic heterocycles. The van der Waals surface area contributed by atoms with Gasteiger partial charge in [0.2, 0.25) is 0 Å². The molecule has 108 valence electrons. The summed E-state index contributed by atoms with van der Waals surface area (Å²) in [5.74, 6) is 1.63. The van der Waals surface area contributed by atoms with Crippen LogP contribution in [0.3, 0.4) is 0 Å². The lowest BCUT2D eigenvalue weighted by Gasteiger charge is -2.15. The van der Waals surface area contributed by atoms with Crippen molar-refractivity contribution in [3.63, 3.8) is 0 Å². The van der Waals surface area contributed by atoms with E-state index in [1.807, 2.05) is 24.3 Å². The van der Waals surface area contributed by atoms with Crippen LogP contribution in [0.4, 0.5) is 0 Å². The molecule has 6 nitrogen and oxygen atoms in total. The predicted octanol–water partition coefficient (Wildman–Crippen LogP) is 2.37. The van der Waals surface area contributed by atoms with Gasteiger partial charge in [-0.3, -0.25) is 0 Å². The first-order valence-corrected chi connectivity index (χ1v) is 7.34. The summed E-state index contributed by atoms with van der Waals surface area (Å²) < 4.78 is 10.6. The van der Waals surface area contributed by atoms with E-state index in [2.05, 4.69) is 10.0 Å². The zero-order chi connectivity index (χ0) is 14.4. The smallest absolute Gasteiger partial charge is 0.118 e. The van der Waals surface area contributed by atoms with Gasteiger partial charge in [-0.1, -0.05) is 17.2 Å². The van der Waals surface area contributed by atoms with Crippen LogP contribution in [0.15, 0.2) is 29.4 Å². The van der Waals surface area contributed by atoms with Crippen LogP contribution in [0.5, 0.6) is 5.75 Å². The van der Waals surface area contributed by atoms with Crippen LogP contribution in [0.2, 0.25) is 0 Å². The van der Waals surface area contributed by atoms with Gasteiger partial charge in [0.25, 0.3) is 0 Å². The Kier molecular flexibility index (Phi) is 5.55. The van der Waals surface area contributed by atoms with E-state index in [-0.39, 0.29) is 17.9 Å². The van der Waals surface area contributed by atoms with Gasteiger partial charge in [-0.25, -0.2) is 0 Å². The topological polar surface area (TPSA) is 87.5 Å². The zero-order valence-electron chi connectivity index (χ0n) is 11.2. The average Bonchev–Trinajstić information content (AvgIpc) is 2.84. The number of benzene rings is 1. The van der Waals surface area contributed by atoms with Gasteiger partial charge in [0.1, 0.15) is 5.75 Å². The molecule has 0 spiro atoms. The minimum Gasteiger partial charge on any atom is -0.497 e. The first-order valence-electron chi connectivity index (χ1n) is 6.29.